The highest BCUT2D eigenvalue weighted by Crippen LogP contribution is 2.36. The van der Waals surface area contributed by atoms with Crippen molar-refractivity contribution >= 4 is 33.7 Å². The summed E-state index contributed by atoms with van der Waals surface area (Å²) >= 11 is 0. The minimum absolute atomic E-state index is 0.618. The number of benzene rings is 2. The lowest BCUT2D eigenvalue weighted by molar-refractivity contribution is 0.191. The molecule has 2 aromatic carbocycles. The van der Waals surface area contributed by atoms with E-state index in [1.165, 1.54) is 18.7 Å². The van der Waals surface area contributed by atoms with Gasteiger partial charge < -0.3 is 15.2 Å². The molecule has 0 saturated carbocycles. The van der Waals surface area contributed by atoms with E-state index in [0.717, 1.165) is 34.4 Å². The van der Waals surface area contributed by atoms with E-state index < -0.39 is 0 Å². The van der Waals surface area contributed by atoms with Crippen molar-refractivity contribution in [1.82, 2.24) is 29.5 Å². The third kappa shape index (κ3) is 3.44. The summed E-state index contributed by atoms with van der Waals surface area (Å²) in [5.41, 5.74) is 5.96. The molecule has 0 radical (unpaired) electrons. The second-order valence-electron chi connectivity index (χ2n) is 9.94. The zero-order valence-electron chi connectivity index (χ0n) is 19.9. The molecular weight excluding hydrogens is 436 g/mol. The second-order valence-corrected chi connectivity index (χ2v) is 9.94. The Kier molecular flexibility index (Phi) is 4.57. The van der Waals surface area contributed by atoms with E-state index >= 15 is 0 Å². The Hall–Kier alpha value is -3.91. The summed E-state index contributed by atoms with van der Waals surface area (Å²) in [4.78, 5) is 17.8. The molecule has 0 aliphatic carbocycles. The van der Waals surface area contributed by atoms with E-state index in [1.54, 1.807) is 10.8 Å². The van der Waals surface area contributed by atoms with Gasteiger partial charge in [0, 0.05) is 65.3 Å². The first kappa shape index (κ1) is 20.5. The fourth-order valence-corrected chi connectivity index (χ4v) is 5.78. The van der Waals surface area contributed by atoms with Gasteiger partial charge in [-0.15, -0.1) is 0 Å². The molecule has 35 heavy (non-hydrogen) atoms. The molecule has 2 atom stereocenters. The van der Waals surface area contributed by atoms with Crippen LogP contribution < -0.4 is 10.2 Å². The largest absolute Gasteiger partial charge is 0.366 e. The van der Waals surface area contributed by atoms with Crippen molar-refractivity contribution < 1.29 is 0 Å². The fourth-order valence-electron chi connectivity index (χ4n) is 5.78. The van der Waals surface area contributed by atoms with E-state index in [1.807, 2.05) is 12.4 Å². The molecule has 5 heterocycles. The fraction of sp³-hybridized carbons (Fsp3) is 0.296. The number of rotatable bonds is 5. The van der Waals surface area contributed by atoms with Crippen molar-refractivity contribution in [3.63, 3.8) is 0 Å². The molecule has 2 saturated heterocycles. The summed E-state index contributed by atoms with van der Waals surface area (Å²) in [6.45, 7) is 6.89. The molecule has 8 heteroatoms. The molecule has 2 bridgehead atoms. The van der Waals surface area contributed by atoms with Gasteiger partial charge in [-0.1, -0.05) is 6.07 Å². The van der Waals surface area contributed by atoms with Crippen molar-refractivity contribution in [3.05, 3.63) is 67.3 Å². The third-order valence-corrected chi connectivity index (χ3v) is 7.52. The molecule has 2 aliphatic rings. The van der Waals surface area contributed by atoms with E-state index in [4.69, 9.17) is 4.98 Å². The van der Waals surface area contributed by atoms with Crippen molar-refractivity contribution in [3.8, 4) is 11.3 Å². The van der Waals surface area contributed by atoms with Gasteiger partial charge in [0.1, 0.15) is 6.33 Å². The normalized spacial score (nSPS) is 20.0. The highest BCUT2D eigenvalue weighted by atomic mass is 15.4. The van der Waals surface area contributed by atoms with Crippen molar-refractivity contribution in [2.45, 2.75) is 38.4 Å². The maximum Gasteiger partial charge on any atom is 0.198 e. The van der Waals surface area contributed by atoms with Gasteiger partial charge in [0.05, 0.1) is 11.9 Å². The molecular formula is C27H28N8. The summed E-state index contributed by atoms with van der Waals surface area (Å²) in [5, 5.41) is 9.01. The molecule has 2 aliphatic heterocycles. The summed E-state index contributed by atoms with van der Waals surface area (Å²) < 4.78 is 1.78. The van der Waals surface area contributed by atoms with Gasteiger partial charge in [-0.25, -0.2) is 14.5 Å². The predicted octanol–water partition coefficient (Wildman–Crippen LogP) is 4.69. The number of likely N-dealkylation sites (tertiary alicyclic amines) is 1. The minimum atomic E-state index is 0.618. The standard InChI is InChI=1S/C27H28N8/c1-17(2)33-13-23-12-22(33)14-34(23)21-6-4-20(5-7-21)31-26-27-29-16-30-35(27)15-25(32-26)18-3-8-24-19(11-18)9-10-28-24/h3-11,15-17,22-23,28H,12-14H2,1-2H3,(H,31,32)/t22-,23+/m1/s1. The first-order valence-corrected chi connectivity index (χ1v) is 12.3. The smallest absolute Gasteiger partial charge is 0.198 e. The number of aromatic nitrogens is 5. The average Bonchev–Trinajstić information content (AvgIpc) is 3.67. The van der Waals surface area contributed by atoms with Crippen LogP contribution in [0.2, 0.25) is 0 Å². The maximum atomic E-state index is 4.93. The summed E-state index contributed by atoms with van der Waals surface area (Å²) in [6.07, 6.45) is 6.71. The van der Waals surface area contributed by atoms with E-state index in [0.29, 0.717) is 29.6 Å². The van der Waals surface area contributed by atoms with Crippen LogP contribution in [0.4, 0.5) is 17.2 Å². The number of nitrogens with one attached hydrogen (secondary N) is 2. The zero-order chi connectivity index (χ0) is 23.5. The van der Waals surface area contributed by atoms with Gasteiger partial charge >= 0.3 is 0 Å². The Morgan fingerprint density at radius 1 is 1.03 bits per heavy atom. The van der Waals surface area contributed by atoms with Gasteiger partial charge in [-0.3, -0.25) is 4.90 Å². The Balaban J connectivity index is 1.16. The number of hydrogen-bond donors (Lipinski definition) is 2. The molecule has 5 aromatic rings. The van der Waals surface area contributed by atoms with Crippen LogP contribution in [0.3, 0.4) is 0 Å². The number of aromatic amines is 1. The first-order valence-electron chi connectivity index (χ1n) is 12.3. The molecule has 7 rings (SSSR count). The quantitative estimate of drug-likeness (QED) is 0.393. The summed E-state index contributed by atoms with van der Waals surface area (Å²) in [6, 6.07) is 19.0. The Bertz CT molecular complexity index is 1520. The number of fused-ring (bicyclic) bond motifs is 4. The number of anilines is 3. The number of H-pyrrole nitrogens is 1. The highest BCUT2D eigenvalue weighted by Gasteiger charge is 2.43. The highest BCUT2D eigenvalue weighted by molar-refractivity contribution is 5.85. The Labute approximate surface area is 203 Å². The van der Waals surface area contributed by atoms with E-state index in [2.05, 4.69) is 92.6 Å². The first-order chi connectivity index (χ1) is 17.1. The average molecular weight is 465 g/mol. The molecule has 2 fully saturated rings. The number of piperazine rings is 1. The summed E-state index contributed by atoms with van der Waals surface area (Å²) in [5.74, 6) is 0.690. The second kappa shape index (κ2) is 7.81. The molecule has 176 valence electrons. The van der Waals surface area contributed by atoms with E-state index in [-0.39, 0.29) is 0 Å². The van der Waals surface area contributed by atoms with E-state index in [9.17, 15) is 0 Å². The Morgan fingerprint density at radius 3 is 2.71 bits per heavy atom. The topological polar surface area (TPSA) is 77.4 Å². The lowest BCUT2D eigenvalue weighted by atomic mass is 10.1. The van der Waals surface area contributed by atoms with Crippen LogP contribution >= 0.6 is 0 Å². The molecule has 2 N–H and O–H groups in total. The molecule has 3 aromatic heterocycles. The zero-order valence-corrected chi connectivity index (χ0v) is 19.9. The van der Waals surface area contributed by atoms with Gasteiger partial charge in [-0.2, -0.15) is 5.10 Å². The van der Waals surface area contributed by atoms with Crippen molar-refractivity contribution in [1.29, 1.82) is 0 Å². The van der Waals surface area contributed by atoms with Gasteiger partial charge in [-0.05, 0) is 62.7 Å². The molecule has 8 nitrogen and oxygen atoms in total. The lowest BCUT2D eigenvalue weighted by Crippen LogP contribution is -2.48. The van der Waals surface area contributed by atoms with Crippen LogP contribution in [0.5, 0.6) is 0 Å². The molecule has 0 spiro atoms. The Morgan fingerprint density at radius 2 is 1.91 bits per heavy atom. The van der Waals surface area contributed by atoms with Crippen molar-refractivity contribution in [2.75, 3.05) is 23.3 Å². The van der Waals surface area contributed by atoms with Crippen LogP contribution in [0.25, 0.3) is 27.8 Å². The van der Waals surface area contributed by atoms with Crippen LogP contribution in [-0.4, -0.2) is 60.7 Å². The van der Waals surface area contributed by atoms with Gasteiger partial charge in [0.25, 0.3) is 0 Å². The van der Waals surface area contributed by atoms with Gasteiger partial charge in [0.2, 0.25) is 0 Å². The third-order valence-electron chi connectivity index (χ3n) is 7.52. The van der Waals surface area contributed by atoms with Crippen LogP contribution in [-0.2, 0) is 0 Å². The van der Waals surface area contributed by atoms with Crippen molar-refractivity contribution in [2.24, 2.45) is 0 Å². The monoisotopic (exact) mass is 464 g/mol. The van der Waals surface area contributed by atoms with Crippen LogP contribution in [0.1, 0.15) is 20.3 Å². The summed E-state index contributed by atoms with van der Waals surface area (Å²) in [7, 11) is 0. The number of nitrogens with zero attached hydrogens (tertiary/aromatic N) is 6. The predicted molar refractivity (Wildman–Crippen MR) is 139 cm³/mol. The SMILES string of the molecule is CC(C)N1C[C@@H]2C[C@@H]1CN2c1ccc(Nc2nc(-c3ccc4[nH]ccc4c3)cn3ncnc23)cc1. The van der Waals surface area contributed by atoms with Crippen LogP contribution in [0.15, 0.2) is 67.3 Å². The maximum absolute atomic E-state index is 4.93. The lowest BCUT2D eigenvalue weighted by Gasteiger charge is -2.37. The van der Waals surface area contributed by atoms with Gasteiger partial charge in [0.15, 0.2) is 11.5 Å². The van der Waals surface area contributed by atoms with Crippen LogP contribution in [0, 0.1) is 0 Å². The molecule has 0 amide bonds. The number of hydrogen-bond acceptors (Lipinski definition) is 6. The molecule has 0 unspecified atom stereocenters. The minimum Gasteiger partial charge on any atom is -0.366 e.